The monoisotopic (exact) mass is 395 g/mol. The lowest BCUT2D eigenvalue weighted by Gasteiger charge is -2.29. The van der Waals surface area contributed by atoms with Gasteiger partial charge >= 0.3 is 0 Å². The molecule has 0 saturated carbocycles. The van der Waals surface area contributed by atoms with Crippen LogP contribution < -0.4 is 4.90 Å². The number of hydrogen-bond acceptors (Lipinski definition) is 7. The molecule has 0 radical (unpaired) electrons. The van der Waals surface area contributed by atoms with E-state index in [-0.39, 0.29) is 0 Å². The van der Waals surface area contributed by atoms with E-state index in [1.54, 1.807) is 9.10 Å². The summed E-state index contributed by atoms with van der Waals surface area (Å²) < 4.78 is 5.33. The Morgan fingerprint density at radius 3 is 2.89 bits per heavy atom. The van der Waals surface area contributed by atoms with E-state index < -0.39 is 0 Å². The van der Waals surface area contributed by atoms with E-state index in [0.29, 0.717) is 18.7 Å². The van der Waals surface area contributed by atoms with Crippen LogP contribution in [-0.4, -0.2) is 59.3 Å². The van der Waals surface area contributed by atoms with Crippen LogP contribution in [0.3, 0.4) is 0 Å². The van der Waals surface area contributed by atoms with Gasteiger partial charge in [-0.2, -0.15) is 4.68 Å². The molecule has 1 unspecified atom stereocenters. The van der Waals surface area contributed by atoms with Crippen LogP contribution in [0.4, 0.5) is 5.69 Å². The minimum atomic E-state index is 0.304. The van der Waals surface area contributed by atoms with E-state index in [2.05, 4.69) is 43.4 Å². The number of rotatable bonds is 2. The molecule has 0 spiro atoms. The average molecular weight is 396 g/mol. The van der Waals surface area contributed by atoms with E-state index in [0.717, 1.165) is 41.6 Å². The number of fused-ring (bicyclic) bond motifs is 6. The second kappa shape index (κ2) is 5.79. The Morgan fingerprint density at radius 2 is 2.04 bits per heavy atom. The van der Waals surface area contributed by atoms with Gasteiger partial charge in [0, 0.05) is 17.3 Å². The van der Waals surface area contributed by atoms with Gasteiger partial charge in [0.15, 0.2) is 5.82 Å². The molecular formula is C18H18ClN9. The highest BCUT2D eigenvalue weighted by atomic mass is 35.5. The average Bonchev–Trinajstić information content (AvgIpc) is 3.46. The van der Waals surface area contributed by atoms with Crippen LogP contribution in [0.15, 0.2) is 36.7 Å². The SMILES string of the molecule is CN1CCCC1c1cn(-c2nnc3n2C2=CN(Cl)CN2c2ccccc2-3)nn1. The smallest absolute Gasteiger partial charge is 0.259 e. The summed E-state index contributed by atoms with van der Waals surface area (Å²) in [6, 6.07) is 8.44. The van der Waals surface area contributed by atoms with Gasteiger partial charge in [-0.3, -0.25) is 9.32 Å². The molecule has 0 N–H and O–H groups in total. The zero-order chi connectivity index (χ0) is 18.8. The van der Waals surface area contributed by atoms with Crippen LogP contribution in [0.25, 0.3) is 23.2 Å². The van der Waals surface area contributed by atoms with Crippen molar-refractivity contribution in [1.29, 1.82) is 0 Å². The summed E-state index contributed by atoms with van der Waals surface area (Å²) >= 11 is 6.31. The standard InChI is InChI=1S/C18H18ClN9/c1-24-8-4-7-15(24)13-9-27(23-20-13)18-22-21-17-12-5-2-3-6-14(12)26-11-25(19)10-16(26)28(17)18/h2-3,5-6,9-10,15H,4,7-8,11H2,1H3. The van der Waals surface area contributed by atoms with Gasteiger partial charge in [0.2, 0.25) is 0 Å². The first-order chi connectivity index (χ1) is 13.7. The van der Waals surface area contributed by atoms with Gasteiger partial charge in [-0.25, -0.2) is 4.57 Å². The van der Waals surface area contributed by atoms with E-state index in [4.69, 9.17) is 11.8 Å². The number of likely N-dealkylation sites (tertiary alicyclic amines) is 1. The van der Waals surface area contributed by atoms with E-state index in [9.17, 15) is 0 Å². The Labute approximate surface area is 166 Å². The molecule has 3 aromatic rings. The van der Waals surface area contributed by atoms with Gasteiger partial charge in [0.05, 0.1) is 24.1 Å². The number of benzene rings is 1. The Morgan fingerprint density at radius 1 is 1.14 bits per heavy atom. The third-order valence-electron chi connectivity index (χ3n) is 5.70. The van der Waals surface area contributed by atoms with Crippen molar-refractivity contribution in [2.45, 2.75) is 18.9 Å². The maximum absolute atomic E-state index is 6.31. The molecule has 5 heterocycles. The molecule has 2 aromatic heterocycles. The second-order valence-electron chi connectivity index (χ2n) is 7.36. The fourth-order valence-electron chi connectivity index (χ4n) is 4.34. The largest absolute Gasteiger partial charge is 0.306 e. The highest BCUT2D eigenvalue weighted by molar-refractivity contribution is 6.15. The summed E-state index contributed by atoms with van der Waals surface area (Å²) in [6.07, 6.45) is 6.12. The molecule has 1 aromatic carbocycles. The fourth-order valence-corrected chi connectivity index (χ4v) is 4.53. The predicted molar refractivity (Wildman–Crippen MR) is 104 cm³/mol. The molecule has 1 fully saturated rings. The minimum absolute atomic E-state index is 0.304. The van der Waals surface area contributed by atoms with Crippen LogP contribution >= 0.6 is 11.8 Å². The Bertz CT molecular complexity index is 1100. The van der Waals surface area contributed by atoms with Crippen LogP contribution in [-0.2, 0) is 0 Å². The van der Waals surface area contributed by atoms with Gasteiger partial charge in [-0.15, -0.1) is 15.3 Å². The molecule has 10 heteroatoms. The van der Waals surface area contributed by atoms with Gasteiger partial charge in [-0.1, -0.05) is 17.3 Å². The van der Waals surface area contributed by atoms with E-state index in [1.807, 2.05) is 35.2 Å². The van der Waals surface area contributed by atoms with E-state index in [1.165, 1.54) is 6.42 Å². The zero-order valence-electron chi connectivity index (χ0n) is 15.3. The van der Waals surface area contributed by atoms with Gasteiger partial charge in [-0.05, 0) is 38.6 Å². The number of halogens is 1. The Kier molecular flexibility index (Phi) is 3.33. The van der Waals surface area contributed by atoms with Crippen molar-refractivity contribution in [2.75, 3.05) is 25.2 Å². The summed E-state index contributed by atoms with van der Waals surface area (Å²) in [7, 11) is 2.13. The number of nitrogens with zero attached hydrogens (tertiary/aromatic N) is 9. The predicted octanol–water partition coefficient (Wildman–Crippen LogP) is 2.30. The van der Waals surface area contributed by atoms with Crippen molar-refractivity contribution in [1.82, 2.24) is 39.1 Å². The molecule has 1 saturated heterocycles. The lowest BCUT2D eigenvalue weighted by molar-refractivity contribution is 0.311. The quantitative estimate of drug-likeness (QED) is 0.616. The molecule has 28 heavy (non-hydrogen) atoms. The van der Waals surface area contributed by atoms with Crippen molar-refractivity contribution in [3.63, 3.8) is 0 Å². The molecule has 3 aliphatic heterocycles. The molecule has 6 rings (SSSR count). The Balaban J connectivity index is 1.50. The summed E-state index contributed by atoms with van der Waals surface area (Å²) in [6.45, 7) is 1.64. The van der Waals surface area contributed by atoms with Crippen LogP contribution in [0.2, 0.25) is 0 Å². The van der Waals surface area contributed by atoms with Crippen molar-refractivity contribution < 1.29 is 0 Å². The van der Waals surface area contributed by atoms with Crippen molar-refractivity contribution >= 4 is 23.3 Å². The number of anilines is 1. The molecular weight excluding hydrogens is 378 g/mol. The highest BCUT2D eigenvalue weighted by Crippen LogP contribution is 2.42. The maximum Gasteiger partial charge on any atom is 0.259 e. The molecule has 1 atom stereocenters. The van der Waals surface area contributed by atoms with E-state index >= 15 is 0 Å². The molecule has 0 bridgehead atoms. The fraction of sp³-hybridized carbons (Fsp3) is 0.333. The summed E-state index contributed by atoms with van der Waals surface area (Å²) in [5.74, 6) is 2.28. The van der Waals surface area contributed by atoms with Gasteiger partial charge in [0.1, 0.15) is 18.2 Å². The molecule has 3 aliphatic rings. The number of para-hydroxylation sites is 1. The van der Waals surface area contributed by atoms with Crippen LogP contribution in [0, 0.1) is 0 Å². The Hall–Kier alpha value is -2.91. The maximum atomic E-state index is 6.31. The summed E-state index contributed by atoms with van der Waals surface area (Å²) in [4.78, 5) is 4.46. The second-order valence-corrected chi connectivity index (χ2v) is 7.79. The number of hydrogen-bond donors (Lipinski definition) is 0. The van der Waals surface area contributed by atoms with Crippen molar-refractivity contribution in [2.24, 2.45) is 0 Å². The highest BCUT2D eigenvalue weighted by Gasteiger charge is 2.35. The van der Waals surface area contributed by atoms with Crippen LogP contribution in [0.5, 0.6) is 0 Å². The van der Waals surface area contributed by atoms with Crippen LogP contribution in [0.1, 0.15) is 24.6 Å². The minimum Gasteiger partial charge on any atom is -0.306 e. The number of aromatic nitrogens is 6. The van der Waals surface area contributed by atoms with Crippen molar-refractivity contribution in [3.05, 3.63) is 42.4 Å². The first kappa shape index (κ1) is 16.1. The normalized spacial score (nSPS) is 20.9. The van der Waals surface area contributed by atoms with Gasteiger partial charge in [0.25, 0.3) is 5.95 Å². The summed E-state index contributed by atoms with van der Waals surface area (Å²) in [5.41, 5.74) is 3.04. The zero-order valence-corrected chi connectivity index (χ0v) is 16.0. The van der Waals surface area contributed by atoms with Gasteiger partial charge < -0.3 is 4.90 Å². The molecule has 142 valence electrons. The topological polar surface area (TPSA) is 71.1 Å². The molecule has 9 nitrogen and oxygen atoms in total. The third kappa shape index (κ3) is 2.17. The first-order valence-electron chi connectivity index (χ1n) is 9.30. The molecule has 0 amide bonds. The third-order valence-corrected chi connectivity index (χ3v) is 5.90. The van der Waals surface area contributed by atoms with Crippen molar-refractivity contribution in [3.8, 4) is 17.3 Å². The lowest BCUT2D eigenvalue weighted by Crippen LogP contribution is -2.29. The lowest BCUT2D eigenvalue weighted by atomic mass is 10.1. The summed E-state index contributed by atoms with van der Waals surface area (Å²) in [5, 5.41) is 17.7. The first-order valence-corrected chi connectivity index (χ1v) is 9.64. The molecule has 0 aliphatic carbocycles.